The van der Waals surface area contributed by atoms with Gasteiger partial charge >= 0.3 is 0 Å². The van der Waals surface area contributed by atoms with Gasteiger partial charge in [-0.05, 0) is 31.5 Å². The SMILES string of the molecule is Cc1ccc(Br)cc1NC(=O)CCNC(=O)[C@@H](C)N. The Morgan fingerprint density at radius 1 is 1.42 bits per heavy atom. The normalized spacial score (nSPS) is 11.8. The van der Waals surface area contributed by atoms with Gasteiger partial charge in [0.25, 0.3) is 0 Å². The number of hydrogen-bond donors (Lipinski definition) is 3. The monoisotopic (exact) mass is 327 g/mol. The minimum absolute atomic E-state index is 0.147. The summed E-state index contributed by atoms with van der Waals surface area (Å²) in [6, 6.07) is 5.11. The summed E-state index contributed by atoms with van der Waals surface area (Å²) in [5.41, 5.74) is 7.14. The van der Waals surface area contributed by atoms with Crippen LogP contribution in [0.2, 0.25) is 0 Å². The molecule has 104 valence electrons. The van der Waals surface area contributed by atoms with Crippen LogP contribution in [0.1, 0.15) is 18.9 Å². The quantitative estimate of drug-likeness (QED) is 0.767. The maximum absolute atomic E-state index is 11.7. The topological polar surface area (TPSA) is 84.2 Å². The van der Waals surface area contributed by atoms with Crippen LogP contribution in [0.15, 0.2) is 22.7 Å². The summed E-state index contributed by atoms with van der Waals surface area (Å²) in [6.45, 7) is 3.79. The van der Waals surface area contributed by atoms with Gasteiger partial charge in [-0.25, -0.2) is 0 Å². The third kappa shape index (κ3) is 5.40. The van der Waals surface area contributed by atoms with Gasteiger partial charge in [-0.1, -0.05) is 22.0 Å². The van der Waals surface area contributed by atoms with Gasteiger partial charge in [0.2, 0.25) is 11.8 Å². The Hall–Kier alpha value is -1.40. The highest BCUT2D eigenvalue weighted by atomic mass is 79.9. The number of aryl methyl sites for hydroxylation is 1. The summed E-state index contributed by atoms with van der Waals surface area (Å²) in [5.74, 6) is -0.405. The highest BCUT2D eigenvalue weighted by Crippen LogP contribution is 2.20. The molecule has 0 aliphatic carbocycles. The molecule has 0 aromatic heterocycles. The molecule has 0 heterocycles. The van der Waals surface area contributed by atoms with Crippen molar-refractivity contribution < 1.29 is 9.59 Å². The fraction of sp³-hybridized carbons (Fsp3) is 0.385. The minimum Gasteiger partial charge on any atom is -0.354 e. The van der Waals surface area contributed by atoms with Crippen LogP contribution < -0.4 is 16.4 Å². The summed E-state index contributed by atoms with van der Waals surface area (Å²) in [5, 5.41) is 5.39. The maximum Gasteiger partial charge on any atom is 0.236 e. The molecule has 1 rings (SSSR count). The predicted octanol–water partition coefficient (Wildman–Crippen LogP) is 1.55. The fourth-order valence-electron chi connectivity index (χ4n) is 1.40. The summed E-state index contributed by atoms with van der Waals surface area (Å²) in [6.07, 6.45) is 0.213. The fourth-order valence-corrected chi connectivity index (χ4v) is 1.76. The van der Waals surface area contributed by atoms with Crippen molar-refractivity contribution in [3.63, 3.8) is 0 Å². The van der Waals surface area contributed by atoms with E-state index in [1.54, 1.807) is 6.92 Å². The third-order valence-electron chi connectivity index (χ3n) is 2.54. The average Bonchev–Trinajstić information content (AvgIpc) is 2.33. The van der Waals surface area contributed by atoms with E-state index in [4.69, 9.17) is 5.73 Å². The van der Waals surface area contributed by atoms with Crippen molar-refractivity contribution in [1.29, 1.82) is 0 Å². The molecule has 5 nitrogen and oxygen atoms in total. The third-order valence-corrected chi connectivity index (χ3v) is 3.03. The zero-order chi connectivity index (χ0) is 14.4. The van der Waals surface area contributed by atoms with Gasteiger partial charge in [0.15, 0.2) is 0 Å². The molecule has 0 fully saturated rings. The van der Waals surface area contributed by atoms with Crippen LogP contribution in [0.5, 0.6) is 0 Å². The first-order valence-corrected chi connectivity index (χ1v) is 6.78. The van der Waals surface area contributed by atoms with Gasteiger partial charge in [0.1, 0.15) is 0 Å². The van der Waals surface area contributed by atoms with Crippen molar-refractivity contribution in [3.05, 3.63) is 28.2 Å². The Morgan fingerprint density at radius 2 is 2.11 bits per heavy atom. The van der Waals surface area contributed by atoms with E-state index in [0.29, 0.717) is 0 Å². The molecule has 4 N–H and O–H groups in total. The molecule has 0 spiro atoms. The van der Waals surface area contributed by atoms with E-state index in [1.807, 2.05) is 25.1 Å². The lowest BCUT2D eigenvalue weighted by molar-refractivity contribution is -0.122. The zero-order valence-electron chi connectivity index (χ0n) is 11.0. The number of nitrogens with one attached hydrogen (secondary N) is 2. The molecule has 0 bridgehead atoms. The largest absolute Gasteiger partial charge is 0.354 e. The van der Waals surface area contributed by atoms with E-state index >= 15 is 0 Å². The molecule has 0 aliphatic heterocycles. The predicted molar refractivity (Wildman–Crippen MR) is 78.8 cm³/mol. The van der Waals surface area contributed by atoms with Crippen LogP contribution in [0.4, 0.5) is 5.69 Å². The van der Waals surface area contributed by atoms with E-state index in [1.165, 1.54) is 0 Å². The number of halogens is 1. The molecule has 19 heavy (non-hydrogen) atoms. The van der Waals surface area contributed by atoms with E-state index in [-0.39, 0.29) is 24.8 Å². The lowest BCUT2D eigenvalue weighted by atomic mass is 10.2. The summed E-state index contributed by atoms with van der Waals surface area (Å²) >= 11 is 3.35. The van der Waals surface area contributed by atoms with Crippen LogP contribution in [0, 0.1) is 6.92 Å². The molecular weight excluding hydrogens is 310 g/mol. The van der Waals surface area contributed by atoms with Crippen LogP contribution >= 0.6 is 15.9 Å². The maximum atomic E-state index is 11.7. The minimum atomic E-state index is -0.560. The molecule has 1 atom stereocenters. The van der Waals surface area contributed by atoms with Gasteiger partial charge in [-0.15, -0.1) is 0 Å². The molecule has 2 amide bonds. The highest BCUT2D eigenvalue weighted by Gasteiger charge is 2.08. The Morgan fingerprint density at radius 3 is 2.74 bits per heavy atom. The van der Waals surface area contributed by atoms with Gasteiger partial charge in [0.05, 0.1) is 6.04 Å². The molecule has 0 unspecified atom stereocenters. The molecule has 6 heteroatoms. The number of benzene rings is 1. The number of hydrogen-bond acceptors (Lipinski definition) is 3. The van der Waals surface area contributed by atoms with Crippen LogP contribution in [-0.4, -0.2) is 24.4 Å². The molecule has 1 aromatic rings. The Kier molecular flexibility index (Phi) is 5.98. The van der Waals surface area contributed by atoms with Crippen LogP contribution in [-0.2, 0) is 9.59 Å². The molecular formula is C13H18BrN3O2. The number of rotatable bonds is 5. The van der Waals surface area contributed by atoms with E-state index < -0.39 is 6.04 Å². The number of nitrogens with two attached hydrogens (primary N) is 1. The summed E-state index contributed by atoms with van der Waals surface area (Å²) in [4.78, 5) is 22.9. The van der Waals surface area contributed by atoms with Crippen molar-refractivity contribution in [1.82, 2.24) is 5.32 Å². The number of carbonyl (C=O) groups is 2. The molecule has 1 aromatic carbocycles. The first-order chi connectivity index (χ1) is 8.90. The summed E-state index contributed by atoms with van der Waals surface area (Å²) < 4.78 is 0.902. The van der Waals surface area contributed by atoms with Gasteiger partial charge in [-0.2, -0.15) is 0 Å². The van der Waals surface area contributed by atoms with Crippen molar-refractivity contribution in [2.75, 3.05) is 11.9 Å². The van der Waals surface area contributed by atoms with Crippen LogP contribution in [0.25, 0.3) is 0 Å². The Labute approximate surface area is 121 Å². The van der Waals surface area contributed by atoms with Crippen molar-refractivity contribution in [3.8, 4) is 0 Å². The zero-order valence-corrected chi connectivity index (χ0v) is 12.6. The van der Waals surface area contributed by atoms with Crippen molar-refractivity contribution >= 4 is 33.4 Å². The Balaban J connectivity index is 2.43. The van der Waals surface area contributed by atoms with Gasteiger partial charge in [-0.3, -0.25) is 9.59 Å². The lowest BCUT2D eigenvalue weighted by Gasteiger charge is -2.10. The first-order valence-electron chi connectivity index (χ1n) is 5.99. The van der Waals surface area contributed by atoms with Crippen molar-refractivity contribution in [2.24, 2.45) is 5.73 Å². The highest BCUT2D eigenvalue weighted by molar-refractivity contribution is 9.10. The van der Waals surface area contributed by atoms with E-state index in [9.17, 15) is 9.59 Å². The Bertz CT molecular complexity index is 475. The van der Waals surface area contributed by atoms with Gasteiger partial charge in [0, 0.05) is 23.1 Å². The van der Waals surface area contributed by atoms with Crippen molar-refractivity contribution in [2.45, 2.75) is 26.3 Å². The standard InChI is InChI=1S/C13H18BrN3O2/c1-8-3-4-10(14)7-11(8)17-12(18)5-6-16-13(19)9(2)15/h3-4,7,9H,5-6,15H2,1-2H3,(H,16,19)(H,17,18)/t9-/m1/s1. The second-order valence-electron chi connectivity index (χ2n) is 4.34. The number of carbonyl (C=O) groups excluding carboxylic acids is 2. The second-order valence-corrected chi connectivity index (χ2v) is 5.25. The average molecular weight is 328 g/mol. The lowest BCUT2D eigenvalue weighted by Crippen LogP contribution is -2.39. The number of anilines is 1. The van der Waals surface area contributed by atoms with Gasteiger partial charge < -0.3 is 16.4 Å². The molecule has 0 radical (unpaired) electrons. The van der Waals surface area contributed by atoms with E-state index in [2.05, 4.69) is 26.6 Å². The molecule has 0 saturated carbocycles. The van der Waals surface area contributed by atoms with Crippen LogP contribution in [0.3, 0.4) is 0 Å². The second kappa shape index (κ2) is 7.25. The molecule has 0 saturated heterocycles. The summed E-state index contributed by atoms with van der Waals surface area (Å²) in [7, 11) is 0. The first kappa shape index (κ1) is 15.7. The number of amides is 2. The molecule has 0 aliphatic rings. The van der Waals surface area contributed by atoms with E-state index in [0.717, 1.165) is 15.7 Å². The smallest absolute Gasteiger partial charge is 0.236 e.